The monoisotopic (exact) mass is 336 g/mol. The topological polar surface area (TPSA) is 66.5 Å². The third-order valence-electron chi connectivity index (χ3n) is 3.56. The number of benzene rings is 1. The molecule has 1 aromatic carbocycles. The highest BCUT2D eigenvalue weighted by Crippen LogP contribution is 2.33. The first-order valence-electron chi connectivity index (χ1n) is 6.49. The van der Waals surface area contributed by atoms with Crippen LogP contribution in [-0.2, 0) is 9.59 Å². The van der Waals surface area contributed by atoms with E-state index in [-0.39, 0.29) is 30.2 Å². The zero-order valence-electron chi connectivity index (χ0n) is 10.6. The lowest BCUT2D eigenvalue weighted by molar-refractivity contribution is -0.126. The highest BCUT2D eigenvalue weighted by Gasteiger charge is 2.45. The molecule has 0 spiro atoms. The van der Waals surface area contributed by atoms with Gasteiger partial charge in [0.2, 0.25) is 11.8 Å². The van der Waals surface area contributed by atoms with Gasteiger partial charge in [0.05, 0.1) is 12.0 Å². The number of nitrogens with zero attached hydrogens (tertiary/aromatic N) is 1. The number of nitrogens with one attached hydrogen (secondary N) is 1. The Bertz CT molecular complexity index is 598. The molecule has 5 nitrogen and oxygen atoms in total. The highest BCUT2D eigenvalue weighted by atomic mass is 79.9. The molecule has 3 rings (SSSR count). The van der Waals surface area contributed by atoms with Gasteiger partial charge in [-0.3, -0.25) is 19.7 Å². The quantitative estimate of drug-likeness (QED) is 0.850. The van der Waals surface area contributed by atoms with Gasteiger partial charge in [-0.15, -0.1) is 0 Å². The number of imide groups is 1. The summed E-state index contributed by atoms with van der Waals surface area (Å²) in [6.07, 6.45) is 1.83. The summed E-state index contributed by atoms with van der Waals surface area (Å²) in [6, 6.07) is 6.51. The Kier molecular flexibility index (Phi) is 3.33. The van der Waals surface area contributed by atoms with Crippen molar-refractivity contribution in [3.8, 4) is 0 Å². The molecule has 0 radical (unpaired) electrons. The number of hydrogen-bond donors (Lipinski definition) is 1. The average molecular weight is 337 g/mol. The van der Waals surface area contributed by atoms with E-state index >= 15 is 0 Å². The second-order valence-corrected chi connectivity index (χ2v) is 5.91. The van der Waals surface area contributed by atoms with Crippen molar-refractivity contribution in [2.24, 2.45) is 0 Å². The van der Waals surface area contributed by atoms with Gasteiger partial charge in [-0.2, -0.15) is 0 Å². The van der Waals surface area contributed by atoms with E-state index in [2.05, 4.69) is 21.2 Å². The average Bonchev–Trinajstić information content (AvgIpc) is 3.17. The van der Waals surface area contributed by atoms with Crippen molar-refractivity contribution in [1.29, 1.82) is 0 Å². The van der Waals surface area contributed by atoms with E-state index in [0.717, 1.165) is 12.8 Å². The van der Waals surface area contributed by atoms with E-state index in [4.69, 9.17) is 0 Å². The molecule has 1 saturated heterocycles. The second-order valence-electron chi connectivity index (χ2n) is 5.06. The smallest absolute Gasteiger partial charge is 0.255 e. The Morgan fingerprint density at radius 1 is 1.25 bits per heavy atom. The Balaban J connectivity index is 1.92. The molecule has 0 bridgehead atoms. The maximum absolute atomic E-state index is 12.7. The SMILES string of the molecule is O=C1C[C@@H](N(C(=O)c2ccccc2Br)C2CC2)C(=O)N1. The third kappa shape index (κ3) is 2.35. The lowest BCUT2D eigenvalue weighted by Crippen LogP contribution is -2.46. The van der Waals surface area contributed by atoms with Crippen LogP contribution < -0.4 is 5.32 Å². The predicted molar refractivity (Wildman–Crippen MR) is 74.9 cm³/mol. The van der Waals surface area contributed by atoms with Gasteiger partial charge in [0.15, 0.2) is 0 Å². The fourth-order valence-corrected chi connectivity index (χ4v) is 2.91. The molecule has 2 fully saturated rings. The van der Waals surface area contributed by atoms with E-state index in [0.29, 0.717) is 10.0 Å². The molecule has 1 N–H and O–H groups in total. The summed E-state index contributed by atoms with van der Waals surface area (Å²) in [4.78, 5) is 37.5. The fraction of sp³-hybridized carbons (Fsp3) is 0.357. The standard InChI is InChI=1S/C14H13BrN2O3/c15-10-4-2-1-3-9(10)14(20)17(8-5-6-8)11-7-12(18)16-13(11)19/h1-4,8,11H,5-7H2,(H,16,18,19)/t11-/m1/s1. The van der Waals surface area contributed by atoms with Gasteiger partial charge in [0.1, 0.15) is 6.04 Å². The molecular formula is C14H13BrN2O3. The van der Waals surface area contributed by atoms with Crippen LogP contribution >= 0.6 is 15.9 Å². The summed E-state index contributed by atoms with van der Waals surface area (Å²) < 4.78 is 0.695. The lowest BCUT2D eigenvalue weighted by Gasteiger charge is -2.27. The second kappa shape index (κ2) is 5.01. The minimum Gasteiger partial charge on any atom is -0.323 e. The number of hydrogen-bond acceptors (Lipinski definition) is 3. The van der Waals surface area contributed by atoms with E-state index in [1.165, 1.54) is 0 Å². The molecule has 0 unspecified atom stereocenters. The van der Waals surface area contributed by atoms with Crippen molar-refractivity contribution in [2.75, 3.05) is 0 Å². The summed E-state index contributed by atoms with van der Waals surface area (Å²) in [6.45, 7) is 0. The van der Waals surface area contributed by atoms with E-state index < -0.39 is 6.04 Å². The minimum atomic E-state index is -0.672. The molecule has 1 aromatic rings. The summed E-state index contributed by atoms with van der Waals surface area (Å²) in [7, 11) is 0. The molecule has 0 aromatic heterocycles. The number of carbonyl (C=O) groups excluding carboxylic acids is 3. The first-order chi connectivity index (χ1) is 9.58. The Hall–Kier alpha value is -1.69. The van der Waals surface area contributed by atoms with Gasteiger partial charge >= 0.3 is 0 Å². The van der Waals surface area contributed by atoms with Crippen LogP contribution in [0.25, 0.3) is 0 Å². The van der Waals surface area contributed by atoms with E-state index in [9.17, 15) is 14.4 Å². The zero-order valence-corrected chi connectivity index (χ0v) is 12.2. The summed E-state index contributed by atoms with van der Waals surface area (Å²) in [5.41, 5.74) is 0.520. The summed E-state index contributed by atoms with van der Waals surface area (Å²) in [5, 5.41) is 2.27. The van der Waals surface area contributed by atoms with Crippen molar-refractivity contribution in [2.45, 2.75) is 31.3 Å². The van der Waals surface area contributed by atoms with Gasteiger partial charge in [-0.25, -0.2) is 0 Å². The zero-order chi connectivity index (χ0) is 14.3. The molecule has 104 valence electrons. The van der Waals surface area contributed by atoms with Crippen LogP contribution in [0.15, 0.2) is 28.7 Å². The summed E-state index contributed by atoms with van der Waals surface area (Å²) >= 11 is 3.36. The van der Waals surface area contributed by atoms with Gasteiger partial charge in [0.25, 0.3) is 5.91 Å². The van der Waals surface area contributed by atoms with Crippen LogP contribution in [0.3, 0.4) is 0 Å². The molecule has 6 heteroatoms. The molecular weight excluding hydrogens is 324 g/mol. The molecule has 1 aliphatic carbocycles. The minimum absolute atomic E-state index is 0.0610. The maximum Gasteiger partial charge on any atom is 0.255 e. The molecule has 20 heavy (non-hydrogen) atoms. The normalized spacial score (nSPS) is 21.8. The maximum atomic E-state index is 12.7. The number of amides is 3. The lowest BCUT2D eigenvalue weighted by atomic mass is 10.1. The van der Waals surface area contributed by atoms with Crippen molar-refractivity contribution in [3.05, 3.63) is 34.3 Å². The highest BCUT2D eigenvalue weighted by molar-refractivity contribution is 9.10. The first kappa shape index (κ1) is 13.3. The fourth-order valence-electron chi connectivity index (χ4n) is 2.45. The molecule has 3 amide bonds. The van der Waals surface area contributed by atoms with Gasteiger partial charge < -0.3 is 4.90 Å². The number of halogens is 1. The molecule has 2 aliphatic rings. The van der Waals surface area contributed by atoms with Crippen LogP contribution in [0.1, 0.15) is 29.6 Å². The molecule has 1 atom stereocenters. The van der Waals surface area contributed by atoms with Crippen LogP contribution in [0.2, 0.25) is 0 Å². The van der Waals surface area contributed by atoms with E-state index in [1.807, 2.05) is 6.07 Å². The predicted octanol–water partition coefficient (Wildman–Crippen LogP) is 1.47. The van der Waals surface area contributed by atoms with Crippen molar-refractivity contribution >= 4 is 33.7 Å². The van der Waals surface area contributed by atoms with Crippen LogP contribution in [-0.4, -0.2) is 34.7 Å². The van der Waals surface area contributed by atoms with E-state index in [1.54, 1.807) is 23.1 Å². The molecule has 1 aliphatic heterocycles. The Morgan fingerprint density at radius 3 is 2.50 bits per heavy atom. The number of carbonyl (C=O) groups is 3. The Morgan fingerprint density at radius 2 is 1.95 bits per heavy atom. The molecule has 1 heterocycles. The van der Waals surface area contributed by atoms with Crippen molar-refractivity contribution in [1.82, 2.24) is 10.2 Å². The van der Waals surface area contributed by atoms with Crippen LogP contribution in [0.4, 0.5) is 0 Å². The summed E-state index contributed by atoms with van der Waals surface area (Å²) in [5.74, 6) is -0.886. The largest absolute Gasteiger partial charge is 0.323 e. The van der Waals surface area contributed by atoms with Crippen molar-refractivity contribution < 1.29 is 14.4 Å². The van der Waals surface area contributed by atoms with Gasteiger partial charge in [-0.05, 0) is 40.9 Å². The first-order valence-corrected chi connectivity index (χ1v) is 7.28. The third-order valence-corrected chi connectivity index (χ3v) is 4.25. The van der Waals surface area contributed by atoms with Crippen LogP contribution in [0, 0.1) is 0 Å². The van der Waals surface area contributed by atoms with Gasteiger partial charge in [0, 0.05) is 10.5 Å². The van der Waals surface area contributed by atoms with Crippen molar-refractivity contribution in [3.63, 3.8) is 0 Å². The number of rotatable bonds is 3. The van der Waals surface area contributed by atoms with Crippen LogP contribution in [0.5, 0.6) is 0 Å². The molecule has 1 saturated carbocycles. The Labute approximate surface area is 124 Å². The van der Waals surface area contributed by atoms with Gasteiger partial charge in [-0.1, -0.05) is 12.1 Å².